The lowest BCUT2D eigenvalue weighted by atomic mass is 9.87. The molecule has 1 aromatic rings. The molecule has 0 aliphatic rings. The third-order valence-corrected chi connectivity index (χ3v) is 5.84. The highest BCUT2D eigenvalue weighted by Gasteiger charge is 2.11. The van der Waals surface area contributed by atoms with Crippen molar-refractivity contribution >= 4 is 17.4 Å². The lowest BCUT2D eigenvalue weighted by Gasteiger charge is -2.18. The van der Waals surface area contributed by atoms with Crippen LogP contribution in [0.2, 0.25) is 0 Å². The van der Waals surface area contributed by atoms with E-state index in [0.717, 1.165) is 6.61 Å². The number of hydrogen-bond donors (Lipinski definition) is 0. The van der Waals surface area contributed by atoms with Crippen LogP contribution in [-0.4, -0.2) is 6.61 Å². The zero-order valence-corrected chi connectivity index (χ0v) is 17.3. The summed E-state index contributed by atoms with van der Waals surface area (Å²) in [6, 6.07) is 0. The van der Waals surface area contributed by atoms with Crippen molar-refractivity contribution in [2.45, 2.75) is 67.2 Å². The zero-order valence-electron chi connectivity index (χ0n) is 15.1. The molecule has 0 N–H and O–H groups in total. The molecule has 1 aromatic carbocycles. The van der Waals surface area contributed by atoms with E-state index in [1.165, 1.54) is 59.1 Å². The van der Waals surface area contributed by atoms with Crippen LogP contribution < -0.4 is 0 Å². The van der Waals surface area contributed by atoms with Gasteiger partial charge in [0.05, 0.1) is 6.61 Å². The van der Waals surface area contributed by atoms with E-state index in [-0.39, 0.29) is 0 Å². The molecule has 1 rings (SSSR count). The summed E-state index contributed by atoms with van der Waals surface area (Å²) in [6.45, 7) is 14.3. The predicted octanol–water partition coefficient (Wildman–Crippen LogP) is 6.29. The highest BCUT2D eigenvalue weighted by atomic mass is 32.0. The summed E-state index contributed by atoms with van der Waals surface area (Å²) in [6.07, 6.45) is 7.13. The maximum Gasteiger partial charge on any atom is 0.0693 e. The maximum atomic E-state index is 5.36. The van der Waals surface area contributed by atoms with Crippen LogP contribution in [0, 0.1) is 34.6 Å². The van der Waals surface area contributed by atoms with Gasteiger partial charge in [0.1, 0.15) is 0 Å². The van der Waals surface area contributed by atoms with Gasteiger partial charge >= 0.3 is 0 Å². The minimum absolute atomic E-state index is 0.506. The van der Waals surface area contributed by atoms with Crippen LogP contribution in [-0.2, 0) is 10.9 Å². The first-order valence-electron chi connectivity index (χ1n) is 8.19. The van der Waals surface area contributed by atoms with Crippen molar-refractivity contribution in [1.82, 2.24) is 0 Å². The molecular weight excluding hydrogens is 306 g/mol. The molecule has 0 radical (unpaired) electrons. The largest absolute Gasteiger partial charge is 0.354 e. The molecule has 0 heterocycles. The van der Waals surface area contributed by atoms with Gasteiger partial charge in [0.15, 0.2) is 0 Å². The number of hydrogen-bond acceptors (Lipinski definition) is 1. The fraction of sp³-hybridized carbons (Fsp3) is 0.579. The summed E-state index contributed by atoms with van der Waals surface area (Å²) in [7, 11) is 3.12. The van der Waals surface area contributed by atoms with Gasteiger partial charge in [0.25, 0.3) is 0 Å². The predicted molar refractivity (Wildman–Crippen MR) is 105 cm³/mol. The maximum absolute atomic E-state index is 5.36. The van der Waals surface area contributed by atoms with Crippen LogP contribution >= 0.6 is 17.4 Å². The fourth-order valence-corrected chi connectivity index (χ4v) is 3.46. The Morgan fingerprint density at radius 1 is 0.955 bits per heavy atom. The third kappa shape index (κ3) is 5.45. The Balaban J connectivity index is 2.58. The van der Waals surface area contributed by atoms with E-state index in [1.54, 1.807) is 5.56 Å². The van der Waals surface area contributed by atoms with Crippen molar-refractivity contribution in [2.24, 2.45) is 0 Å². The van der Waals surface area contributed by atoms with Crippen LogP contribution in [0.1, 0.15) is 59.6 Å². The Labute approximate surface area is 141 Å². The van der Waals surface area contributed by atoms with Gasteiger partial charge in [-0.3, -0.25) is 0 Å². The van der Waals surface area contributed by atoms with E-state index in [0.29, 0.717) is 8.50 Å². The molecular formula is C19H32OP2. The quantitative estimate of drug-likeness (QED) is 0.307. The average molecular weight is 338 g/mol. The van der Waals surface area contributed by atoms with Crippen molar-refractivity contribution in [3.8, 4) is 0 Å². The van der Waals surface area contributed by atoms with Gasteiger partial charge in [-0.05, 0) is 101 Å². The Morgan fingerprint density at radius 2 is 1.50 bits per heavy atom. The van der Waals surface area contributed by atoms with Crippen LogP contribution in [0.15, 0.2) is 11.6 Å². The van der Waals surface area contributed by atoms with E-state index in [1.807, 2.05) is 0 Å². The molecule has 0 aromatic heterocycles. The Kier molecular flexibility index (Phi) is 8.85. The minimum Gasteiger partial charge on any atom is -0.354 e. The molecule has 2 unspecified atom stereocenters. The second-order valence-electron chi connectivity index (χ2n) is 6.29. The van der Waals surface area contributed by atoms with Gasteiger partial charge in [-0.25, -0.2) is 0 Å². The lowest BCUT2D eigenvalue weighted by Crippen LogP contribution is -2.03. The van der Waals surface area contributed by atoms with E-state index in [4.69, 9.17) is 4.52 Å². The second-order valence-corrected chi connectivity index (χ2v) is 7.52. The first-order valence-corrected chi connectivity index (χ1v) is 10.9. The van der Waals surface area contributed by atoms with Crippen LogP contribution in [0.3, 0.4) is 0 Å². The molecule has 0 saturated carbocycles. The van der Waals surface area contributed by atoms with Crippen molar-refractivity contribution < 1.29 is 4.52 Å². The Hall–Kier alpha value is -0.220. The van der Waals surface area contributed by atoms with Crippen molar-refractivity contribution in [3.05, 3.63) is 45.0 Å². The van der Waals surface area contributed by atoms with E-state index < -0.39 is 0 Å². The van der Waals surface area contributed by atoms with Gasteiger partial charge in [-0.1, -0.05) is 20.6 Å². The molecule has 0 aliphatic heterocycles. The molecule has 0 saturated heterocycles. The first kappa shape index (κ1) is 19.8. The zero-order chi connectivity index (χ0) is 16.7. The highest BCUT2D eigenvalue weighted by molar-refractivity contribution is 8.00. The van der Waals surface area contributed by atoms with Gasteiger partial charge in [-0.15, -0.1) is 0 Å². The van der Waals surface area contributed by atoms with Crippen molar-refractivity contribution in [3.63, 3.8) is 0 Å². The number of unbranched alkanes of at least 4 members (excludes halogenated alkanes) is 1. The second kappa shape index (κ2) is 9.82. The Bertz CT molecular complexity index is 504. The van der Waals surface area contributed by atoms with Crippen LogP contribution in [0.5, 0.6) is 0 Å². The molecule has 1 nitrogen and oxygen atoms in total. The lowest BCUT2D eigenvalue weighted by molar-refractivity contribution is 0.422. The third-order valence-electron chi connectivity index (χ3n) is 5.00. The van der Waals surface area contributed by atoms with Crippen molar-refractivity contribution in [1.29, 1.82) is 0 Å². The van der Waals surface area contributed by atoms with Gasteiger partial charge in [0.2, 0.25) is 0 Å². The molecule has 3 heteroatoms. The molecule has 22 heavy (non-hydrogen) atoms. The van der Waals surface area contributed by atoms with Gasteiger partial charge in [-0.2, -0.15) is 0 Å². The summed E-state index contributed by atoms with van der Waals surface area (Å²) in [4.78, 5) is 0. The first-order chi connectivity index (χ1) is 10.4. The van der Waals surface area contributed by atoms with Crippen LogP contribution in [0.4, 0.5) is 0 Å². The Morgan fingerprint density at radius 3 is 2.05 bits per heavy atom. The standard InChI is InChI=1S/C19H32OP2/c1-13(11-12-20-22-21)9-7-8-10-19-17(5)15(3)14(2)16(4)18(19)6/h11,22H,7-10,12,21H2,1-6H3/b13-11+. The van der Waals surface area contributed by atoms with E-state index >= 15 is 0 Å². The van der Waals surface area contributed by atoms with E-state index in [9.17, 15) is 0 Å². The molecule has 124 valence electrons. The summed E-state index contributed by atoms with van der Waals surface area (Å²) < 4.78 is 5.36. The molecule has 2 atom stereocenters. The normalized spacial score (nSPS) is 12.6. The molecule has 0 spiro atoms. The molecule has 0 bridgehead atoms. The summed E-state index contributed by atoms with van der Waals surface area (Å²) in [5.41, 5.74) is 10.5. The minimum atomic E-state index is 0.506. The van der Waals surface area contributed by atoms with Gasteiger partial charge < -0.3 is 4.52 Å². The molecule has 0 aliphatic carbocycles. The average Bonchev–Trinajstić information content (AvgIpc) is 2.50. The summed E-state index contributed by atoms with van der Waals surface area (Å²) in [5, 5.41) is 0. The topological polar surface area (TPSA) is 9.23 Å². The number of rotatable bonds is 8. The fourth-order valence-electron chi connectivity index (χ4n) is 2.99. The number of benzene rings is 1. The van der Waals surface area contributed by atoms with Crippen molar-refractivity contribution in [2.75, 3.05) is 6.61 Å². The van der Waals surface area contributed by atoms with Gasteiger partial charge in [0, 0.05) is 8.50 Å². The SMILES string of the molecule is C/C(=C\COPP)CCCCc1c(C)c(C)c(C)c(C)c1C. The monoisotopic (exact) mass is 338 g/mol. The van der Waals surface area contributed by atoms with Crippen LogP contribution in [0.25, 0.3) is 0 Å². The highest BCUT2D eigenvalue weighted by Crippen LogP contribution is 2.27. The number of allylic oxidation sites excluding steroid dienone is 1. The molecule has 0 amide bonds. The smallest absolute Gasteiger partial charge is 0.0693 e. The molecule has 0 fully saturated rings. The summed E-state index contributed by atoms with van der Waals surface area (Å²) in [5.74, 6) is 0. The van der Waals surface area contributed by atoms with E-state index in [2.05, 4.69) is 56.5 Å². The summed E-state index contributed by atoms with van der Waals surface area (Å²) >= 11 is 0.